The Bertz CT molecular complexity index is 568. The molecule has 1 N–H and O–H groups in total. The normalized spacial score (nSPS) is 11.9. The molecule has 0 bridgehead atoms. The lowest BCUT2D eigenvalue weighted by Crippen LogP contribution is -2.31. The summed E-state index contributed by atoms with van der Waals surface area (Å²) in [6, 6.07) is 18.2. The van der Waals surface area contributed by atoms with E-state index in [1.54, 1.807) is 0 Å². The second-order valence-corrected chi connectivity index (χ2v) is 4.64. The van der Waals surface area contributed by atoms with Crippen LogP contribution < -0.4 is 0 Å². The van der Waals surface area contributed by atoms with Crippen molar-refractivity contribution in [1.29, 1.82) is 0 Å². The average Bonchev–Trinajstić information content (AvgIpc) is 2.53. The van der Waals surface area contributed by atoms with E-state index in [9.17, 15) is 14.7 Å². The van der Waals surface area contributed by atoms with E-state index in [1.165, 1.54) is 7.11 Å². The Kier molecular flexibility index (Phi) is 4.72. The number of benzene rings is 2. The highest BCUT2D eigenvalue weighted by Crippen LogP contribution is 2.33. The van der Waals surface area contributed by atoms with Gasteiger partial charge < -0.3 is 9.84 Å². The lowest BCUT2D eigenvalue weighted by atomic mass is 9.80. The van der Waals surface area contributed by atoms with Gasteiger partial charge in [-0.25, -0.2) is 0 Å². The van der Waals surface area contributed by atoms with Crippen LogP contribution in [0.2, 0.25) is 0 Å². The number of aliphatic carboxylic acids is 1. The number of carboxylic acids is 1. The minimum atomic E-state index is -1.28. The molecule has 0 amide bonds. The summed E-state index contributed by atoms with van der Waals surface area (Å²) >= 11 is 0. The van der Waals surface area contributed by atoms with E-state index < -0.39 is 23.8 Å². The standard InChI is InChI=1S/C17H16O4/c1-21-17(20)15(16(18)19)14(12-8-4-2-5-9-12)13-10-6-3-7-11-13/h2-11,14-15H,1H3,(H,18,19). The van der Waals surface area contributed by atoms with Crippen LogP contribution in [0, 0.1) is 5.92 Å². The molecule has 108 valence electrons. The first-order valence-electron chi connectivity index (χ1n) is 6.55. The molecule has 0 spiro atoms. The molecule has 2 aromatic carbocycles. The summed E-state index contributed by atoms with van der Waals surface area (Å²) in [6.07, 6.45) is 0. The second-order valence-electron chi connectivity index (χ2n) is 4.64. The van der Waals surface area contributed by atoms with Gasteiger partial charge in [0, 0.05) is 5.92 Å². The van der Waals surface area contributed by atoms with E-state index in [0.717, 1.165) is 11.1 Å². The Morgan fingerprint density at radius 1 is 0.905 bits per heavy atom. The maximum absolute atomic E-state index is 11.9. The third kappa shape index (κ3) is 3.28. The Labute approximate surface area is 123 Å². The smallest absolute Gasteiger partial charge is 0.321 e. The third-order valence-electron chi connectivity index (χ3n) is 3.37. The highest BCUT2D eigenvalue weighted by atomic mass is 16.5. The van der Waals surface area contributed by atoms with Gasteiger partial charge in [-0.1, -0.05) is 60.7 Å². The van der Waals surface area contributed by atoms with Gasteiger partial charge in [0.25, 0.3) is 0 Å². The summed E-state index contributed by atoms with van der Waals surface area (Å²) in [5.74, 6) is -3.81. The number of ether oxygens (including phenoxy) is 1. The first-order valence-corrected chi connectivity index (χ1v) is 6.55. The van der Waals surface area contributed by atoms with Crippen molar-refractivity contribution in [2.75, 3.05) is 7.11 Å². The summed E-state index contributed by atoms with van der Waals surface area (Å²) < 4.78 is 4.68. The highest BCUT2D eigenvalue weighted by Gasteiger charge is 2.37. The lowest BCUT2D eigenvalue weighted by molar-refractivity contribution is -0.157. The van der Waals surface area contributed by atoms with Crippen molar-refractivity contribution in [3.63, 3.8) is 0 Å². The SMILES string of the molecule is COC(=O)C(C(=O)O)C(c1ccccc1)c1ccccc1. The molecule has 4 nitrogen and oxygen atoms in total. The summed E-state index contributed by atoms with van der Waals surface area (Å²) in [7, 11) is 1.20. The zero-order valence-corrected chi connectivity index (χ0v) is 11.6. The van der Waals surface area contributed by atoms with Gasteiger partial charge in [-0.2, -0.15) is 0 Å². The Hall–Kier alpha value is -2.62. The Balaban J connectivity index is 2.55. The van der Waals surface area contributed by atoms with E-state index in [1.807, 2.05) is 60.7 Å². The van der Waals surface area contributed by atoms with Crippen LogP contribution in [0.15, 0.2) is 60.7 Å². The van der Waals surface area contributed by atoms with Crippen molar-refractivity contribution in [2.45, 2.75) is 5.92 Å². The predicted molar refractivity (Wildman–Crippen MR) is 77.9 cm³/mol. The predicted octanol–water partition coefficient (Wildman–Crippen LogP) is 2.69. The van der Waals surface area contributed by atoms with Gasteiger partial charge in [0.2, 0.25) is 0 Å². The zero-order chi connectivity index (χ0) is 15.2. The van der Waals surface area contributed by atoms with Crippen LogP contribution in [-0.2, 0) is 14.3 Å². The van der Waals surface area contributed by atoms with Gasteiger partial charge in [0.15, 0.2) is 5.92 Å². The summed E-state index contributed by atoms with van der Waals surface area (Å²) in [5, 5.41) is 9.47. The van der Waals surface area contributed by atoms with Crippen LogP contribution in [0.3, 0.4) is 0 Å². The van der Waals surface area contributed by atoms with Crippen molar-refractivity contribution >= 4 is 11.9 Å². The van der Waals surface area contributed by atoms with Gasteiger partial charge in [0.05, 0.1) is 7.11 Å². The summed E-state index contributed by atoms with van der Waals surface area (Å²) in [4.78, 5) is 23.5. The van der Waals surface area contributed by atoms with Crippen molar-refractivity contribution in [3.8, 4) is 0 Å². The monoisotopic (exact) mass is 284 g/mol. The maximum atomic E-state index is 11.9. The second kappa shape index (κ2) is 6.70. The van der Waals surface area contributed by atoms with E-state index >= 15 is 0 Å². The molecule has 0 radical (unpaired) electrons. The Morgan fingerprint density at radius 3 is 1.67 bits per heavy atom. The minimum absolute atomic E-state index is 0.586. The molecule has 2 aromatic rings. The minimum Gasteiger partial charge on any atom is -0.481 e. The number of hydrogen-bond donors (Lipinski definition) is 1. The van der Waals surface area contributed by atoms with Crippen molar-refractivity contribution in [3.05, 3.63) is 71.8 Å². The molecule has 0 aliphatic heterocycles. The van der Waals surface area contributed by atoms with Crippen LogP contribution in [0.5, 0.6) is 0 Å². The number of methoxy groups -OCH3 is 1. The number of hydrogen-bond acceptors (Lipinski definition) is 3. The number of carboxylic acid groups (broad SMARTS) is 1. The zero-order valence-electron chi connectivity index (χ0n) is 11.6. The molecule has 1 atom stereocenters. The third-order valence-corrected chi connectivity index (χ3v) is 3.37. The number of carbonyl (C=O) groups is 2. The first kappa shape index (κ1) is 14.8. The number of esters is 1. The van der Waals surface area contributed by atoms with E-state index in [2.05, 4.69) is 4.74 Å². The largest absolute Gasteiger partial charge is 0.481 e. The quantitative estimate of drug-likeness (QED) is 0.677. The van der Waals surface area contributed by atoms with Crippen molar-refractivity contribution in [2.24, 2.45) is 5.92 Å². The van der Waals surface area contributed by atoms with Crippen LogP contribution >= 0.6 is 0 Å². The molecule has 0 saturated carbocycles. The molecule has 1 unspecified atom stereocenters. The van der Waals surface area contributed by atoms with Gasteiger partial charge >= 0.3 is 11.9 Å². The molecule has 2 rings (SSSR count). The van der Waals surface area contributed by atoms with E-state index in [0.29, 0.717) is 0 Å². The molecule has 0 saturated heterocycles. The molecule has 21 heavy (non-hydrogen) atoms. The molecule has 0 heterocycles. The van der Waals surface area contributed by atoms with Gasteiger partial charge in [0.1, 0.15) is 0 Å². The maximum Gasteiger partial charge on any atom is 0.321 e. The Morgan fingerprint density at radius 2 is 1.33 bits per heavy atom. The van der Waals surface area contributed by atoms with Crippen LogP contribution in [0.25, 0.3) is 0 Å². The first-order chi connectivity index (χ1) is 10.1. The number of carbonyl (C=O) groups excluding carboxylic acids is 1. The molecule has 0 fully saturated rings. The van der Waals surface area contributed by atoms with E-state index in [4.69, 9.17) is 0 Å². The van der Waals surface area contributed by atoms with Crippen LogP contribution in [0.4, 0.5) is 0 Å². The van der Waals surface area contributed by atoms with Crippen molar-refractivity contribution < 1.29 is 19.4 Å². The average molecular weight is 284 g/mol. The van der Waals surface area contributed by atoms with Crippen LogP contribution in [0.1, 0.15) is 17.0 Å². The summed E-state index contributed by atoms with van der Waals surface area (Å²) in [5.41, 5.74) is 1.53. The molecular formula is C17H16O4. The fourth-order valence-corrected chi connectivity index (χ4v) is 2.40. The highest BCUT2D eigenvalue weighted by molar-refractivity contribution is 5.95. The van der Waals surface area contributed by atoms with Crippen LogP contribution in [-0.4, -0.2) is 24.2 Å². The fourth-order valence-electron chi connectivity index (χ4n) is 2.40. The number of rotatable bonds is 5. The van der Waals surface area contributed by atoms with Gasteiger partial charge in [-0.3, -0.25) is 9.59 Å². The molecule has 0 aromatic heterocycles. The van der Waals surface area contributed by atoms with Gasteiger partial charge in [-0.15, -0.1) is 0 Å². The molecule has 0 aliphatic rings. The van der Waals surface area contributed by atoms with E-state index in [-0.39, 0.29) is 0 Å². The van der Waals surface area contributed by atoms with Crippen molar-refractivity contribution in [1.82, 2.24) is 0 Å². The fraction of sp³-hybridized carbons (Fsp3) is 0.176. The molecular weight excluding hydrogens is 268 g/mol. The summed E-state index contributed by atoms with van der Waals surface area (Å²) in [6.45, 7) is 0. The molecule has 0 aliphatic carbocycles. The topological polar surface area (TPSA) is 63.6 Å². The molecule has 4 heteroatoms. The lowest BCUT2D eigenvalue weighted by Gasteiger charge is -2.23. The van der Waals surface area contributed by atoms with Gasteiger partial charge in [-0.05, 0) is 11.1 Å².